The first-order valence-corrected chi connectivity index (χ1v) is 5.34. The Hall–Kier alpha value is -1.07. The second kappa shape index (κ2) is 3.50. The van der Waals surface area contributed by atoms with Gasteiger partial charge >= 0.3 is 0 Å². The lowest BCUT2D eigenvalue weighted by Crippen LogP contribution is -2.32. The molecule has 1 aliphatic rings. The predicted octanol–water partition coefficient (Wildman–Crippen LogP) is 3.73. The minimum absolute atomic E-state index is 0.282. The summed E-state index contributed by atoms with van der Waals surface area (Å²) in [5, 5.41) is 9.65. The standard InChI is InChI=1S/C12H11ClFN/c1-8-5-10(13)9(6-11(8)14)12(7-15)3-2-4-12/h5-6H,2-4H2,1H3. The van der Waals surface area contributed by atoms with Crippen LogP contribution in [-0.4, -0.2) is 0 Å². The van der Waals surface area contributed by atoms with Gasteiger partial charge < -0.3 is 0 Å². The first kappa shape index (κ1) is 10.4. The molecule has 0 amide bonds. The summed E-state index contributed by atoms with van der Waals surface area (Å²) in [5.41, 5.74) is 0.642. The summed E-state index contributed by atoms with van der Waals surface area (Å²) in [6, 6.07) is 5.29. The molecule has 3 heteroatoms. The molecule has 0 atom stereocenters. The maximum Gasteiger partial charge on any atom is 0.126 e. The van der Waals surface area contributed by atoms with E-state index < -0.39 is 5.41 Å². The molecular formula is C12H11ClFN. The Morgan fingerprint density at radius 3 is 2.60 bits per heavy atom. The van der Waals surface area contributed by atoms with Gasteiger partial charge in [0.15, 0.2) is 0 Å². The van der Waals surface area contributed by atoms with Crippen molar-refractivity contribution in [2.24, 2.45) is 0 Å². The second-order valence-corrected chi connectivity index (χ2v) is 4.54. The van der Waals surface area contributed by atoms with Crippen LogP contribution in [0, 0.1) is 24.1 Å². The average molecular weight is 224 g/mol. The van der Waals surface area contributed by atoms with Gasteiger partial charge in [-0.15, -0.1) is 0 Å². The molecule has 0 spiro atoms. The first-order chi connectivity index (χ1) is 7.09. The molecule has 1 aromatic rings. The molecule has 1 aromatic carbocycles. The van der Waals surface area contributed by atoms with Gasteiger partial charge in [-0.3, -0.25) is 0 Å². The third-order valence-corrected chi connectivity index (χ3v) is 3.50. The summed E-state index contributed by atoms with van der Waals surface area (Å²) in [7, 11) is 0. The maximum atomic E-state index is 13.4. The highest BCUT2D eigenvalue weighted by atomic mass is 35.5. The van der Waals surface area contributed by atoms with E-state index in [1.54, 1.807) is 13.0 Å². The van der Waals surface area contributed by atoms with E-state index in [-0.39, 0.29) is 5.82 Å². The third kappa shape index (κ3) is 1.52. The van der Waals surface area contributed by atoms with E-state index in [2.05, 4.69) is 6.07 Å². The van der Waals surface area contributed by atoms with Crippen LogP contribution in [0.15, 0.2) is 12.1 Å². The molecule has 2 rings (SSSR count). The van der Waals surface area contributed by atoms with Crippen LogP contribution in [0.3, 0.4) is 0 Å². The Kier molecular flexibility index (Phi) is 2.44. The summed E-state index contributed by atoms with van der Waals surface area (Å²) in [6.45, 7) is 1.67. The fourth-order valence-electron chi connectivity index (χ4n) is 1.98. The lowest BCUT2D eigenvalue weighted by atomic mass is 9.65. The summed E-state index contributed by atoms with van der Waals surface area (Å²) >= 11 is 6.06. The minimum atomic E-state index is -0.536. The Bertz CT molecular complexity index is 444. The highest BCUT2D eigenvalue weighted by molar-refractivity contribution is 6.31. The van der Waals surface area contributed by atoms with Gasteiger partial charge in [-0.2, -0.15) is 5.26 Å². The molecule has 1 saturated carbocycles. The quantitative estimate of drug-likeness (QED) is 0.712. The van der Waals surface area contributed by atoms with Gasteiger partial charge in [0, 0.05) is 5.02 Å². The van der Waals surface area contributed by atoms with Crippen LogP contribution in [-0.2, 0) is 5.41 Å². The number of nitriles is 1. The van der Waals surface area contributed by atoms with E-state index in [9.17, 15) is 4.39 Å². The fraction of sp³-hybridized carbons (Fsp3) is 0.417. The molecule has 1 aliphatic carbocycles. The second-order valence-electron chi connectivity index (χ2n) is 4.13. The van der Waals surface area contributed by atoms with Gasteiger partial charge in [0.05, 0.1) is 11.5 Å². The topological polar surface area (TPSA) is 23.8 Å². The van der Waals surface area contributed by atoms with Gasteiger partial charge in [0.25, 0.3) is 0 Å². The average Bonchev–Trinajstić information content (AvgIpc) is 2.12. The molecule has 0 saturated heterocycles. The van der Waals surface area contributed by atoms with Crippen LogP contribution < -0.4 is 0 Å². The van der Waals surface area contributed by atoms with Crippen LogP contribution in [0.2, 0.25) is 5.02 Å². The van der Waals surface area contributed by atoms with Gasteiger partial charge in [-0.1, -0.05) is 11.6 Å². The maximum absolute atomic E-state index is 13.4. The molecule has 78 valence electrons. The Morgan fingerprint density at radius 2 is 2.13 bits per heavy atom. The molecule has 1 nitrogen and oxygen atoms in total. The summed E-state index contributed by atoms with van der Waals surface area (Å²) in [4.78, 5) is 0. The van der Waals surface area contributed by atoms with Gasteiger partial charge in [-0.25, -0.2) is 4.39 Å². The zero-order chi connectivity index (χ0) is 11.1. The molecular weight excluding hydrogens is 213 g/mol. The summed E-state index contributed by atoms with van der Waals surface area (Å²) in [5.74, 6) is -0.282. The van der Waals surface area contributed by atoms with Crippen molar-refractivity contribution in [3.8, 4) is 6.07 Å². The monoisotopic (exact) mass is 223 g/mol. The zero-order valence-corrected chi connectivity index (χ0v) is 9.24. The SMILES string of the molecule is Cc1cc(Cl)c(C2(C#N)CCC2)cc1F. The number of halogens is 2. The highest BCUT2D eigenvalue weighted by Gasteiger charge is 2.40. The normalized spacial score (nSPS) is 18.0. The van der Waals surface area contributed by atoms with E-state index in [4.69, 9.17) is 16.9 Å². The van der Waals surface area contributed by atoms with Crippen LogP contribution in [0.1, 0.15) is 30.4 Å². The van der Waals surface area contributed by atoms with Crippen molar-refractivity contribution in [1.29, 1.82) is 5.26 Å². The Labute approximate surface area is 93.5 Å². The van der Waals surface area contributed by atoms with Crippen molar-refractivity contribution in [3.63, 3.8) is 0 Å². The van der Waals surface area contributed by atoms with Gasteiger partial charge in [-0.05, 0) is 49.4 Å². The van der Waals surface area contributed by atoms with Crippen LogP contribution in [0.4, 0.5) is 4.39 Å². The van der Waals surface area contributed by atoms with Crippen molar-refractivity contribution < 1.29 is 4.39 Å². The summed E-state index contributed by atoms with van der Waals surface area (Å²) in [6.07, 6.45) is 2.58. The molecule has 0 radical (unpaired) electrons. The number of hydrogen-bond donors (Lipinski definition) is 0. The lowest BCUT2D eigenvalue weighted by molar-refractivity contribution is 0.323. The van der Waals surface area contributed by atoms with E-state index in [1.807, 2.05) is 0 Å². The van der Waals surface area contributed by atoms with E-state index >= 15 is 0 Å². The number of rotatable bonds is 1. The number of benzene rings is 1. The van der Waals surface area contributed by atoms with Crippen LogP contribution in [0.5, 0.6) is 0 Å². The molecule has 0 bridgehead atoms. The van der Waals surface area contributed by atoms with Crippen molar-refractivity contribution >= 4 is 11.6 Å². The van der Waals surface area contributed by atoms with Crippen molar-refractivity contribution in [1.82, 2.24) is 0 Å². The number of aryl methyl sites for hydroxylation is 1. The minimum Gasteiger partial charge on any atom is -0.207 e. The molecule has 1 fully saturated rings. The third-order valence-electron chi connectivity index (χ3n) is 3.19. The van der Waals surface area contributed by atoms with Gasteiger partial charge in [0.2, 0.25) is 0 Å². The van der Waals surface area contributed by atoms with Crippen LogP contribution in [0.25, 0.3) is 0 Å². The zero-order valence-electron chi connectivity index (χ0n) is 8.48. The fourth-order valence-corrected chi connectivity index (χ4v) is 2.38. The molecule has 0 aromatic heterocycles. The lowest BCUT2D eigenvalue weighted by Gasteiger charge is -2.36. The molecule has 0 unspecified atom stereocenters. The number of nitrogens with zero attached hydrogens (tertiary/aromatic N) is 1. The predicted molar refractivity (Wildman–Crippen MR) is 57.3 cm³/mol. The van der Waals surface area contributed by atoms with Crippen molar-refractivity contribution in [2.45, 2.75) is 31.6 Å². The van der Waals surface area contributed by atoms with E-state index in [0.29, 0.717) is 16.1 Å². The smallest absolute Gasteiger partial charge is 0.126 e. The Morgan fingerprint density at radius 1 is 1.47 bits per heavy atom. The van der Waals surface area contributed by atoms with Crippen molar-refractivity contribution in [2.75, 3.05) is 0 Å². The molecule has 0 aliphatic heterocycles. The first-order valence-electron chi connectivity index (χ1n) is 4.96. The molecule has 0 N–H and O–H groups in total. The highest BCUT2D eigenvalue weighted by Crippen LogP contribution is 2.46. The number of hydrogen-bond acceptors (Lipinski definition) is 1. The molecule has 0 heterocycles. The van der Waals surface area contributed by atoms with Crippen LogP contribution >= 0.6 is 11.6 Å². The van der Waals surface area contributed by atoms with Gasteiger partial charge in [0.1, 0.15) is 5.82 Å². The molecule has 15 heavy (non-hydrogen) atoms. The van der Waals surface area contributed by atoms with E-state index in [1.165, 1.54) is 6.07 Å². The largest absolute Gasteiger partial charge is 0.207 e. The summed E-state index contributed by atoms with van der Waals surface area (Å²) < 4.78 is 13.4. The van der Waals surface area contributed by atoms with Crippen molar-refractivity contribution in [3.05, 3.63) is 34.1 Å². The van der Waals surface area contributed by atoms with E-state index in [0.717, 1.165) is 19.3 Å². The Balaban J connectivity index is 2.54.